The van der Waals surface area contributed by atoms with E-state index in [0.717, 1.165) is 32.1 Å². The molecule has 3 heterocycles. The minimum atomic E-state index is -3.47. The van der Waals surface area contributed by atoms with Crippen molar-refractivity contribution in [2.24, 2.45) is 4.40 Å². The molecule has 1 atom stereocenters. The van der Waals surface area contributed by atoms with Crippen LogP contribution >= 0.6 is 11.3 Å². The summed E-state index contributed by atoms with van der Waals surface area (Å²) in [5, 5.41) is 2.44. The lowest BCUT2D eigenvalue weighted by atomic mass is 9.94. The summed E-state index contributed by atoms with van der Waals surface area (Å²) >= 11 is 1.39. The molecule has 1 amide bonds. The summed E-state index contributed by atoms with van der Waals surface area (Å²) in [7, 11) is -3.47. The number of thiazole rings is 1. The van der Waals surface area contributed by atoms with Crippen LogP contribution in [0.4, 0.5) is 5.13 Å². The second-order valence-corrected chi connectivity index (χ2v) is 10.3. The highest BCUT2D eigenvalue weighted by Gasteiger charge is 2.34. The molecule has 0 saturated heterocycles. The standard InChI is InChI=1S/C20H24N4O5S2/c1-14(18(25)24(20-21-9-11-30-20)16-5-3-2-4-6-16)29-19(26)15-7-8-17-22-31(27,28)12-10-23(17)13-15/h7-9,11,13-14,16H,2-6,10,12H2,1H3. The number of hydrogen-bond donors (Lipinski definition) is 0. The Balaban J connectivity index is 1.46. The molecular weight excluding hydrogens is 440 g/mol. The van der Waals surface area contributed by atoms with Gasteiger partial charge in [-0.25, -0.2) is 18.2 Å². The summed E-state index contributed by atoms with van der Waals surface area (Å²) in [6.07, 6.45) is 10.2. The number of anilines is 1. The molecule has 166 valence electrons. The average Bonchev–Trinajstić information content (AvgIpc) is 3.28. The highest BCUT2D eigenvalue weighted by Crippen LogP contribution is 2.30. The number of aromatic nitrogens is 1. The Morgan fingerprint density at radius 1 is 1.26 bits per heavy atom. The summed E-state index contributed by atoms with van der Waals surface area (Å²) < 4.78 is 32.4. The number of rotatable bonds is 5. The van der Waals surface area contributed by atoms with E-state index in [9.17, 15) is 18.0 Å². The maximum absolute atomic E-state index is 13.2. The number of esters is 1. The van der Waals surface area contributed by atoms with E-state index in [-0.39, 0.29) is 35.7 Å². The van der Waals surface area contributed by atoms with Crippen LogP contribution in [0.25, 0.3) is 0 Å². The fourth-order valence-electron chi connectivity index (χ4n) is 3.90. The predicted molar refractivity (Wildman–Crippen MR) is 117 cm³/mol. The fraction of sp³-hybridized carbons (Fsp3) is 0.500. The van der Waals surface area contributed by atoms with E-state index in [1.54, 1.807) is 22.9 Å². The monoisotopic (exact) mass is 464 g/mol. The Labute approximate surface area is 185 Å². The van der Waals surface area contributed by atoms with Gasteiger partial charge in [-0.2, -0.15) is 0 Å². The zero-order chi connectivity index (χ0) is 22.0. The number of amidine groups is 1. The van der Waals surface area contributed by atoms with Crippen LogP contribution < -0.4 is 4.90 Å². The Bertz CT molecular complexity index is 1040. The van der Waals surface area contributed by atoms with Crippen LogP contribution in [0.2, 0.25) is 0 Å². The molecule has 0 spiro atoms. The zero-order valence-corrected chi connectivity index (χ0v) is 18.8. The van der Waals surface area contributed by atoms with Gasteiger partial charge in [-0.05, 0) is 31.9 Å². The van der Waals surface area contributed by atoms with Crippen LogP contribution in [0.3, 0.4) is 0 Å². The largest absolute Gasteiger partial charge is 0.449 e. The van der Waals surface area contributed by atoms with Crippen molar-refractivity contribution < 1.29 is 22.7 Å². The number of carbonyl (C=O) groups excluding carboxylic acids is 2. The van der Waals surface area contributed by atoms with Crippen molar-refractivity contribution in [3.63, 3.8) is 0 Å². The van der Waals surface area contributed by atoms with Crippen LogP contribution in [-0.2, 0) is 24.3 Å². The lowest BCUT2D eigenvalue weighted by Gasteiger charge is -2.34. The first kappa shape index (κ1) is 21.7. The van der Waals surface area contributed by atoms with E-state index < -0.39 is 22.1 Å². The van der Waals surface area contributed by atoms with E-state index in [1.807, 2.05) is 5.38 Å². The number of ether oxygens (including phenoxy) is 1. The van der Waals surface area contributed by atoms with Gasteiger partial charge in [-0.1, -0.05) is 19.3 Å². The van der Waals surface area contributed by atoms with Crippen molar-refractivity contribution in [2.75, 3.05) is 17.2 Å². The summed E-state index contributed by atoms with van der Waals surface area (Å²) in [6, 6.07) is 0.0522. The quantitative estimate of drug-likeness (QED) is 0.615. The van der Waals surface area contributed by atoms with Crippen molar-refractivity contribution in [1.29, 1.82) is 0 Å². The molecule has 9 nitrogen and oxygen atoms in total. The Hall–Kier alpha value is -2.53. The zero-order valence-electron chi connectivity index (χ0n) is 17.1. The number of fused-ring (bicyclic) bond motifs is 1. The Morgan fingerprint density at radius 3 is 2.74 bits per heavy atom. The summed E-state index contributed by atoms with van der Waals surface area (Å²) in [5.74, 6) is -0.796. The molecule has 1 aromatic heterocycles. The summed E-state index contributed by atoms with van der Waals surface area (Å²) in [5.41, 5.74) is 0.233. The maximum Gasteiger partial charge on any atom is 0.340 e. The molecule has 0 radical (unpaired) electrons. The molecule has 0 N–H and O–H groups in total. The Kier molecular flexibility index (Phi) is 6.24. The third-order valence-corrected chi connectivity index (χ3v) is 7.43. The van der Waals surface area contributed by atoms with Gasteiger partial charge in [0.05, 0.1) is 11.3 Å². The first-order valence-corrected chi connectivity index (χ1v) is 12.8. The molecule has 2 aliphatic heterocycles. The van der Waals surface area contributed by atoms with Crippen LogP contribution in [0, 0.1) is 0 Å². The molecule has 11 heteroatoms. The van der Waals surface area contributed by atoms with Crippen LogP contribution in [-0.4, -0.2) is 60.5 Å². The van der Waals surface area contributed by atoms with Gasteiger partial charge in [0.15, 0.2) is 11.2 Å². The number of sulfonamides is 1. The minimum Gasteiger partial charge on any atom is -0.449 e. The number of amides is 1. The van der Waals surface area contributed by atoms with Gasteiger partial charge in [0.1, 0.15) is 5.84 Å². The molecule has 1 aliphatic carbocycles. The molecule has 1 saturated carbocycles. The third kappa shape index (κ3) is 4.87. The van der Waals surface area contributed by atoms with Gasteiger partial charge in [-0.3, -0.25) is 9.69 Å². The van der Waals surface area contributed by atoms with E-state index in [4.69, 9.17) is 4.74 Å². The second-order valence-electron chi connectivity index (χ2n) is 7.71. The summed E-state index contributed by atoms with van der Waals surface area (Å²) in [6.45, 7) is 1.77. The van der Waals surface area contributed by atoms with Crippen molar-refractivity contribution in [3.8, 4) is 0 Å². The topological polar surface area (TPSA) is 109 Å². The van der Waals surface area contributed by atoms with Crippen molar-refractivity contribution in [1.82, 2.24) is 9.88 Å². The number of hydrogen-bond acceptors (Lipinski definition) is 8. The van der Waals surface area contributed by atoms with Crippen molar-refractivity contribution >= 4 is 44.2 Å². The molecule has 1 aromatic rings. The Morgan fingerprint density at radius 2 is 2.03 bits per heavy atom. The highest BCUT2D eigenvalue weighted by molar-refractivity contribution is 7.90. The molecule has 3 aliphatic rings. The molecular formula is C20H24N4O5S2. The van der Waals surface area contributed by atoms with Gasteiger partial charge in [0, 0.05) is 30.4 Å². The number of nitrogens with zero attached hydrogens (tertiary/aromatic N) is 4. The highest BCUT2D eigenvalue weighted by atomic mass is 32.2. The SMILES string of the molecule is CC(OC(=O)C1=CN2CCS(=O)(=O)N=C2C=C1)C(=O)N(c1nccs1)C1CCCCC1. The first-order chi connectivity index (χ1) is 14.8. The molecule has 1 unspecified atom stereocenters. The van der Waals surface area contributed by atoms with Gasteiger partial charge in [-0.15, -0.1) is 15.7 Å². The average molecular weight is 465 g/mol. The van der Waals surface area contributed by atoms with E-state index >= 15 is 0 Å². The van der Waals surface area contributed by atoms with Crippen LogP contribution in [0.1, 0.15) is 39.0 Å². The fourth-order valence-corrected chi connectivity index (χ4v) is 5.59. The van der Waals surface area contributed by atoms with Gasteiger partial charge in [0.2, 0.25) is 0 Å². The lowest BCUT2D eigenvalue weighted by molar-refractivity contribution is -0.150. The molecule has 0 aromatic carbocycles. The van der Waals surface area contributed by atoms with Crippen molar-refractivity contribution in [2.45, 2.75) is 51.2 Å². The molecule has 4 rings (SSSR count). The summed E-state index contributed by atoms with van der Waals surface area (Å²) in [4.78, 5) is 33.5. The van der Waals surface area contributed by atoms with E-state index in [1.165, 1.54) is 29.7 Å². The molecule has 1 fully saturated rings. The molecule has 0 bridgehead atoms. The van der Waals surface area contributed by atoms with E-state index in [0.29, 0.717) is 5.13 Å². The first-order valence-electron chi connectivity index (χ1n) is 10.3. The second kappa shape index (κ2) is 8.91. The van der Waals surface area contributed by atoms with Crippen molar-refractivity contribution in [3.05, 3.63) is 35.5 Å². The van der Waals surface area contributed by atoms with E-state index in [2.05, 4.69) is 9.38 Å². The third-order valence-electron chi connectivity index (χ3n) is 5.49. The van der Waals surface area contributed by atoms with Crippen LogP contribution in [0.15, 0.2) is 39.9 Å². The smallest absolute Gasteiger partial charge is 0.340 e. The minimum absolute atomic E-state index is 0.0522. The predicted octanol–water partition coefficient (Wildman–Crippen LogP) is 2.24. The maximum atomic E-state index is 13.2. The molecule has 31 heavy (non-hydrogen) atoms. The van der Waals surface area contributed by atoms with Gasteiger partial charge in [0.25, 0.3) is 15.9 Å². The van der Waals surface area contributed by atoms with Gasteiger partial charge < -0.3 is 9.64 Å². The normalized spacial score (nSPS) is 21.5. The van der Waals surface area contributed by atoms with Gasteiger partial charge >= 0.3 is 5.97 Å². The van der Waals surface area contributed by atoms with Crippen LogP contribution in [0.5, 0.6) is 0 Å². The lowest BCUT2D eigenvalue weighted by Crippen LogP contribution is -2.47. The number of carbonyl (C=O) groups is 2.